The highest BCUT2D eigenvalue weighted by molar-refractivity contribution is 7.17. The number of para-hydroxylation sites is 4. The molecule has 1 aromatic heterocycles. The summed E-state index contributed by atoms with van der Waals surface area (Å²) in [5.41, 5.74) is 7.40. The number of imide groups is 2. The van der Waals surface area contributed by atoms with Crippen LogP contribution in [0.4, 0.5) is 32.5 Å². The van der Waals surface area contributed by atoms with Crippen LogP contribution in [0, 0.1) is 0 Å². The molecule has 0 radical (unpaired) electrons. The molecular formula is C39H31N3O3S. The van der Waals surface area contributed by atoms with Crippen molar-refractivity contribution in [3.8, 4) is 0 Å². The molecule has 0 spiro atoms. The van der Waals surface area contributed by atoms with Gasteiger partial charge in [0.1, 0.15) is 10.6 Å². The van der Waals surface area contributed by atoms with Crippen LogP contribution in [0.3, 0.4) is 0 Å². The van der Waals surface area contributed by atoms with Crippen LogP contribution in [0.25, 0.3) is 6.08 Å². The van der Waals surface area contributed by atoms with Crippen LogP contribution < -0.4 is 14.7 Å². The Hall–Kier alpha value is -5.27. The zero-order chi connectivity index (χ0) is 32.0. The first-order valence-corrected chi connectivity index (χ1v) is 16.1. The highest BCUT2D eigenvalue weighted by atomic mass is 32.1. The van der Waals surface area contributed by atoms with E-state index in [0.29, 0.717) is 11.4 Å². The van der Waals surface area contributed by atoms with E-state index in [1.807, 2.05) is 12.1 Å². The molecule has 0 atom stereocenters. The van der Waals surface area contributed by atoms with Crippen LogP contribution in [-0.4, -0.2) is 17.8 Å². The molecule has 0 aliphatic carbocycles. The molecule has 0 unspecified atom stereocenters. The van der Waals surface area contributed by atoms with Crippen molar-refractivity contribution in [3.63, 3.8) is 0 Å². The minimum atomic E-state index is -0.702. The summed E-state index contributed by atoms with van der Waals surface area (Å²) in [6.45, 7) is 9.04. The van der Waals surface area contributed by atoms with Gasteiger partial charge < -0.3 is 4.90 Å². The van der Waals surface area contributed by atoms with Crippen molar-refractivity contribution in [2.45, 2.75) is 38.5 Å². The molecule has 8 rings (SSSR count). The number of hydrogen-bond donors (Lipinski definition) is 0. The van der Waals surface area contributed by atoms with Gasteiger partial charge in [-0.25, -0.2) is 14.6 Å². The number of amides is 4. The predicted octanol–water partition coefficient (Wildman–Crippen LogP) is 9.08. The number of nitrogens with zero attached hydrogens (tertiary/aromatic N) is 3. The third-order valence-electron chi connectivity index (χ3n) is 9.60. The maximum absolute atomic E-state index is 14.1. The first-order chi connectivity index (χ1) is 22.1. The van der Waals surface area contributed by atoms with Gasteiger partial charge >= 0.3 is 6.03 Å². The fourth-order valence-corrected chi connectivity index (χ4v) is 8.46. The van der Waals surface area contributed by atoms with E-state index < -0.39 is 17.8 Å². The third-order valence-corrected chi connectivity index (χ3v) is 10.7. The molecule has 7 heteroatoms. The monoisotopic (exact) mass is 621 g/mol. The lowest BCUT2D eigenvalue weighted by Gasteiger charge is -2.48. The number of barbiturate groups is 1. The average Bonchev–Trinajstić information content (AvgIpc) is 3.49. The van der Waals surface area contributed by atoms with Gasteiger partial charge in [-0.1, -0.05) is 100 Å². The van der Waals surface area contributed by atoms with E-state index in [1.165, 1.54) is 22.4 Å². The van der Waals surface area contributed by atoms with Crippen molar-refractivity contribution >= 4 is 63.0 Å². The van der Waals surface area contributed by atoms with Crippen LogP contribution in [0.5, 0.6) is 0 Å². The number of carbonyl (C=O) groups excluding carboxylic acids is 3. The SMILES string of the molecule is CC1(C)c2ccccc2N2c3sc(C=C4C(=O)N(c5ccccc5)C(=O)N(c5ccccc5)C4=O)cc3C(C)(C)c3cccc1c32. The smallest absolute Gasteiger partial charge is 0.301 e. The van der Waals surface area contributed by atoms with Crippen molar-refractivity contribution in [1.29, 1.82) is 0 Å². The lowest BCUT2D eigenvalue weighted by molar-refractivity contribution is -0.121. The molecule has 0 saturated carbocycles. The van der Waals surface area contributed by atoms with E-state index in [1.54, 1.807) is 65.9 Å². The molecule has 0 bridgehead atoms. The van der Waals surface area contributed by atoms with Crippen LogP contribution in [-0.2, 0) is 20.4 Å². The molecular weight excluding hydrogens is 591 g/mol. The molecule has 5 aromatic rings. The van der Waals surface area contributed by atoms with E-state index in [2.05, 4.69) is 81.1 Å². The van der Waals surface area contributed by atoms with E-state index in [9.17, 15) is 14.4 Å². The van der Waals surface area contributed by atoms with Crippen molar-refractivity contribution in [2.24, 2.45) is 0 Å². The first-order valence-electron chi connectivity index (χ1n) is 15.3. The molecule has 1 fully saturated rings. The Balaban J connectivity index is 1.32. The zero-order valence-electron chi connectivity index (χ0n) is 25.9. The first kappa shape index (κ1) is 28.2. The van der Waals surface area contributed by atoms with Gasteiger partial charge in [0.2, 0.25) is 0 Å². The number of urea groups is 1. The normalized spacial score (nSPS) is 17.4. The number of anilines is 5. The number of carbonyl (C=O) groups is 3. The summed E-state index contributed by atoms with van der Waals surface area (Å²) < 4.78 is 0. The lowest BCUT2D eigenvalue weighted by atomic mass is 9.67. The molecule has 6 nitrogen and oxygen atoms in total. The van der Waals surface area contributed by atoms with Crippen LogP contribution in [0.15, 0.2) is 115 Å². The second kappa shape index (κ2) is 9.86. The fraction of sp³-hybridized carbons (Fsp3) is 0.154. The van der Waals surface area contributed by atoms with E-state index in [0.717, 1.165) is 30.9 Å². The Morgan fingerprint density at radius 1 is 0.565 bits per heavy atom. The second-order valence-electron chi connectivity index (χ2n) is 13.0. The minimum Gasteiger partial charge on any atom is -0.301 e. The Kier molecular flexibility index (Phi) is 6.05. The van der Waals surface area contributed by atoms with Crippen LogP contribution >= 0.6 is 11.3 Å². The minimum absolute atomic E-state index is 0.0675. The van der Waals surface area contributed by atoms with Crippen LogP contribution in [0.1, 0.15) is 54.8 Å². The Labute approximate surface area is 271 Å². The van der Waals surface area contributed by atoms with Crippen molar-refractivity contribution < 1.29 is 14.4 Å². The van der Waals surface area contributed by atoms with Crippen molar-refractivity contribution in [1.82, 2.24) is 0 Å². The quantitative estimate of drug-likeness (QED) is 0.149. The number of rotatable bonds is 3. The maximum Gasteiger partial charge on any atom is 0.343 e. The average molecular weight is 622 g/mol. The number of benzene rings is 4. The molecule has 3 aliphatic heterocycles. The van der Waals surface area contributed by atoms with E-state index in [-0.39, 0.29) is 16.4 Å². The standard InChI is InChI=1S/C39H31N3O3S/c1-38(2)28-18-11-12-21-32(28)42-33-29(38)19-13-20-30(33)39(3,4)31-23-26(46-36(31)42)22-27-34(43)40(24-14-7-5-8-15-24)37(45)41(35(27)44)25-16-9-6-10-17-25/h5-23H,1-4H3. The molecule has 0 N–H and O–H groups in total. The highest BCUT2D eigenvalue weighted by Gasteiger charge is 2.47. The summed E-state index contributed by atoms with van der Waals surface area (Å²) in [4.78, 5) is 47.2. The lowest BCUT2D eigenvalue weighted by Crippen LogP contribution is -2.57. The third kappa shape index (κ3) is 3.85. The van der Waals surface area contributed by atoms with Gasteiger partial charge in [0.25, 0.3) is 11.8 Å². The highest BCUT2D eigenvalue weighted by Crippen LogP contribution is 2.61. The van der Waals surface area contributed by atoms with Crippen molar-refractivity contribution in [3.05, 3.63) is 142 Å². The Morgan fingerprint density at radius 3 is 1.65 bits per heavy atom. The van der Waals surface area contributed by atoms with Gasteiger partial charge in [-0.05, 0) is 64.7 Å². The summed E-state index contributed by atoms with van der Waals surface area (Å²) >= 11 is 1.56. The molecule has 3 aliphatic rings. The molecule has 1 saturated heterocycles. The van der Waals surface area contributed by atoms with E-state index >= 15 is 0 Å². The molecule has 46 heavy (non-hydrogen) atoms. The maximum atomic E-state index is 14.1. The van der Waals surface area contributed by atoms with E-state index in [4.69, 9.17) is 0 Å². The summed E-state index contributed by atoms with van der Waals surface area (Å²) in [5.74, 6) is -1.29. The number of thiophene rings is 1. The van der Waals surface area contributed by atoms with Gasteiger partial charge in [-0.3, -0.25) is 9.59 Å². The summed E-state index contributed by atoms with van der Waals surface area (Å²) in [5, 5.41) is 1.06. The summed E-state index contributed by atoms with van der Waals surface area (Å²) in [6.07, 6.45) is 1.66. The van der Waals surface area contributed by atoms with Crippen molar-refractivity contribution in [2.75, 3.05) is 14.7 Å². The van der Waals surface area contributed by atoms with Gasteiger partial charge in [-0.2, -0.15) is 0 Å². The molecule has 4 aromatic carbocycles. The topological polar surface area (TPSA) is 60.9 Å². The Morgan fingerprint density at radius 2 is 1.07 bits per heavy atom. The van der Waals surface area contributed by atoms with Gasteiger partial charge in [0.05, 0.1) is 22.7 Å². The molecule has 4 heterocycles. The molecule has 226 valence electrons. The summed E-state index contributed by atoms with van der Waals surface area (Å²) in [6, 6.07) is 34.0. The zero-order valence-corrected chi connectivity index (χ0v) is 26.8. The van der Waals surface area contributed by atoms with Crippen LogP contribution in [0.2, 0.25) is 0 Å². The van der Waals surface area contributed by atoms with Gasteiger partial charge in [0, 0.05) is 15.7 Å². The number of hydrogen-bond acceptors (Lipinski definition) is 5. The fourth-order valence-electron chi connectivity index (χ4n) is 7.18. The Bertz CT molecular complexity index is 2060. The summed E-state index contributed by atoms with van der Waals surface area (Å²) in [7, 11) is 0. The second-order valence-corrected chi connectivity index (χ2v) is 14.0. The predicted molar refractivity (Wildman–Crippen MR) is 184 cm³/mol. The van der Waals surface area contributed by atoms with Gasteiger partial charge in [0.15, 0.2) is 0 Å². The largest absolute Gasteiger partial charge is 0.343 e. The number of fused-ring (bicyclic) bond motifs is 4. The van der Waals surface area contributed by atoms with Gasteiger partial charge in [-0.15, -0.1) is 11.3 Å². The molecule has 4 amide bonds.